The molecule has 0 fully saturated rings. The van der Waals surface area contributed by atoms with Crippen LogP contribution in [0.25, 0.3) is 0 Å². The highest BCUT2D eigenvalue weighted by Gasteiger charge is 2.33. The van der Waals surface area contributed by atoms with Crippen molar-refractivity contribution >= 4 is 11.7 Å². The van der Waals surface area contributed by atoms with E-state index >= 15 is 0 Å². The molecule has 20 heavy (non-hydrogen) atoms. The van der Waals surface area contributed by atoms with Crippen LogP contribution in [0.3, 0.4) is 0 Å². The molecule has 1 heterocycles. The molecule has 0 saturated carbocycles. The van der Waals surface area contributed by atoms with Crippen molar-refractivity contribution in [3.8, 4) is 0 Å². The second kappa shape index (κ2) is 6.42. The molecule has 0 aliphatic carbocycles. The number of ether oxygens (including phenoxy) is 1. The lowest BCUT2D eigenvalue weighted by Crippen LogP contribution is -2.28. The number of nitrogens with zero attached hydrogens (tertiary/aromatic N) is 3. The summed E-state index contributed by atoms with van der Waals surface area (Å²) in [5.74, 6) is -0.349. The van der Waals surface area contributed by atoms with E-state index in [1.807, 2.05) is 0 Å². The Morgan fingerprint density at radius 2 is 2.15 bits per heavy atom. The topological polar surface area (TPSA) is 84.0 Å². The molecule has 0 unspecified atom stereocenters. The van der Waals surface area contributed by atoms with Gasteiger partial charge in [0.15, 0.2) is 5.84 Å². The Balaban J connectivity index is 3.26. The number of hydrogen-bond donors (Lipinski definition) is 2. The summed E-state index contributed by atoms with van der Waals surface area (Å²) < 4.78 is 42.9. The molecule has 112 valence electrons. The zero-order valence-electron chi connectivity index (χ0n) is 11.0. The number of oxime groups is 1. The highest BCUT2D eigenvalue weighted by Crippen LogP contribution is 2.30. The van der Waals surface area contributed by atoms with Crippen LogP contribution in [0.4, 0.5) is 19.0 Å². The number of alkyl halides is 3. The zero-order valence-corrected chi connectivity index (χ0v) is 11.0. The monoisotopic (exact) mass is 292 g/mol. The van der Waals surface area contributed by atoms with Gasteiger partial charge in [-0.15, -0.1) is 0 Å². The molecule has 1 aromatic heterocycles. The minimum atomic E-state index is -4.57. The van der Waals surface area contributed by atoms with Gasteiger partial charge in [-0.25, -0.2) is 4.98 Å². The second-order valence-corrected chi connectivity index (χ2v) is 3.97. The summed E-state index contributed by atoms with van der Waals surface area (Å²) in [5.41, 5.74) is 4.50. The van der Waals surface area contributed by atoms with Crippen molar-refractivity contribution < 1.29 is 23.1 Å². The van der Waals surface area contributed by atoms with Crippen LogP contribution >= 0.6 is 0 Å². The molecule has 6 nitrogen and oxygen atoms in total. The van der Waals surface area contributed by atoms with E-state index in [0.29, 0.717) is 13.2 Å². The Labute approximate surface area is 113 Å². The van der Waals surface area contributed by atoms with Crippen LogP contribution in [0.1, 0.15) is 11.3 Å². The van der Waals surface area contributed by atoms with Gasteiger partial charge in [-0.2, -0.15) is 13.2 Å². The Morgan fingerprint density at radius 1 is 1.50 bits per heavy atom. The van der Waals surface area contributed by atoms with Crippen molar-refractivity contribution in [1.29, 1.82) is 0 Å². The number of aromatic nitrogens is 1. The van der Waals surface area contributed by atoms with Crippen LogP contribution in [0, 0.1) is 0 Å². The lowest BCUT2D eigenvalue weighted by molar-refractivity contribution is -0.141. The van der Waals surface area contributed by atoms with Crippen molar-refractivity contribution in [3.63, 3.8) is 0 Å². The number of rotatable bonds is 5. The van der Waals surface area contributed by atoms with E-state index in [4.69, 9.17) is 15.7 Å². The maximum atomic E-state index is 12.7. The van der Waals surface area contributed by atoms with Gasteiger partial charge in [-0.1, -0.05) is 5.16 Å². The maximum absolute atomic E-state index is 12.7. The minimum Gasteiger partial charge on any atom is -0.409 e. The molecule has 0 aliphatic rings. The molecule has 1 rings (SSSR count). The fraction of sp³-hybridized carbons (Fsp3) is 0.455. The first-order valence-corrected chi connectivity index (χ1v) is 5.57. The third-order valence-electron chi connectivity index (χ3n) is 2.54. The molecular formula is C11H15F3N4O2. The third kappa shape index (κ3) is 3.73. The van der Waals surface area contributed by atoms with Gasteiger partial charge in [0.2, 0.25) is 0 Å². The van der Waals surface area contributed by atoms with Crippen LogP contribution in [0.2, 0.25) is 0 Å². The molecule has 0 aromatic carbocycles. The van der Waals surface area contributed by atoms with Crippen molar-refractivity contribution in [2.45, 2.75) is 6.18 Å². The van der Waals surface area contributed by atoms with Crippen LogP contribution in [-0.2, 0) is 10.9 Å². The molecule has 0 aliphatic heterocycles. The van der Waals surface area contributed by atoms with Gasteiger partial charge in [-0.05, 0) is 12.1 Å². The highest BCUT2D eigenvalue weighted by atomic mass is 19.4. The molecule has 1 aromatic rings. The molecule has 0 amide bonds. The quantitative estimate of drug-likeness (QED) is 0.369. The molecule has 0 saturated heterocycles. The first kappa shape index (κ1) is 16.0. The molecule has 0 bridgehead atoms. The number of pyridine rings is 1. The summed E-state index contributed by atoms with van der Waals surface area (Å²) in [5, 5.41) is 11.5. The van der Waals surface area contributed by atoms with Crippen LogP contribution in [0.15, 0.2) is 17.3 Å². The summed E-state index contributed by atoms with van der Waals surface area (Å²) in [7, 11) is 3.01. The lowest BCUT2D eigenvalue weighted by Gasteiger charge is -2.21. The van der Waals surface area contributed by atoms with Gasteiger partial charge >= 0.3 is 6.18 Å². The van der Waals surface area contributed by atoms with Gasteiger partial charge in [0.1, 0.15) is 11.5 Å². The predicted octanol–water partition coefficient (Wildman–Crippen LogP) is 1.28. The van der Waals surface area contributed by atoms with E-state index in [-0.39, 0.29) is 17.2 Å². The highest BCUT2D eigenvalue weighted by molar-refractivity contribution is 6.01. The van der Waals surface area contributed by atoms with Gasteiger partial charge < -0.3 is 20.6 Å². The average molecular weight is 292 g/mol. The van der Waals surface area contributed by atoms with Crippen molar-refractivity contribution in [2.24, 2.45) is 10.9 Å². The van der Waals surface area contributed by atoms with E-state index in [0.717, 1.165) is 12.1 Å². The van der Waals surface area contributed by atoms with E-state index in [2.05, 4.69) is 10.1 Å². The number of amidine groups is 1. The third-order valence-corrected chi connectivity index (χ3v) is 2.54. The first-order valence-electron chi connectivity index (χ1n) is 5.57. The maximum Gasteiger partial charge on any atom is 0.433 e. The molecule has 9 heteroatoms. The summed E-state index contributed by atoms with van der Waals surface area (Å²) in [6.07, 6.45) is -4.57. The summed E-state index contributed by atoms with van der Waals surface area (Å²) in [6.45, 7) is 0.598. The van der Waals surface area contributed by atoms with E-state index in [9.17, 15) is 13.2 Å². The van der Waals surface area contributed by atoms with Gasteiger partial charge in [0, 0.05) is 20.7 Å². The fourth-order valence-corrected chi connectivity index (χ4v) is 1.49. The Kier molecular flexibility index (Phi) is 5.14. The summed E-state index contributed by atoms with van der Waals surface area (Å²) in [4.78, 5) is 4.98. The van der Waals surface area contributed by atoms with Gasteiger partial charge in [0.25, 0.3) is 0 Å². The summed E-state index contributed by atoms with van der Waals surface area (Å²) in [6, 6.07) is 1.89. The van der Waals surface area contributed by atoms with Crippen LogP contribution in [-0.4, -0.2) is 43.3 Å². The Hall–Kier alpha value is -2.03. The number of methoxy groups -OCH3 is 1. The SMILES string of the molecule is COCCN(C)c1nc(C(F)(F)F)ccc1C(N)=NO. The van der Waals surface area contributed by atoms with Gasteiger partial charge in [0.05, 0.1) is 12.2 Å². The molecule has 3 N–H and O–H groups in total. The Morgan fingerprint density at radius 3 is 2.65 bits per heavy atom. The molecule has 0 spiro atoms. The van der Waals surface area contributed by atoms with E-state index < -0.39 is 11.9 Å². The number of hydrogen-bond acceptors (Lipinski definition) is 5. The number of anilines is 1. The normalized spacial score (nSPS) is 12.6. The standard InChI is InChI=1S/C11H15F3N4O2/c1-18(5-6-20-2)10-7(9(15)17-19)3-4-8(16-10)11(12,13)14/h3-4,19H,5-6H2,1-2H3,(H2,15,17). The molecular weight excluding hydrogens is 277 g/mol. The first-order chi connectivity index (χ1) is 9.31. The van der Waals surface area contributed by atoms with Crippen LogP contribution < -0.4 is 10.6 Å². The largest absolute Gasteiger partial charge is 0.433 e. The molecule has 0 radical (unpaired) electrons. The number of nitrogens with two attached hydrogens (primary N) is 1. The van der Waals surface area contributed by atoms with Crippen molar-refractivity contribution in [1.82, 2.24) is 4.98 Å². The smallest absolute Gasteiger partial charge is 0.409 e. The average Bonchev–Trinajstić information content (AvgIpc) is 2.42. The van der Waals surface area contributed by atoms with Crippen molar-refractivity contribution in [3.05, 3.63) is 23.4 Å². The van der Waals surface area contributed by atoms with E-state index in [1.165, 1.54) is 19.1 Å². The lowest BCUT2D eigenvalue weighted by atomic mass is 10.2. The van der Waals surface area contributed by atoms with Crippen LogP contribution in [0.5, 0.6) is 0 Å². The second-order valence-electron chi connectivity index (χ2n) is 3.97. The minimum absolute atomic E-state index is 0.0350. The van der Waals surface area contributed by atoms with Gasteiger partial charge in [-0.3, -0.25) is 0 Å². The summed E-state index contributed by atoms with van der Waals surface area (Å²) >= 11 is 0. The fourth-order valence-electron chi connectivity index (χ4n) is 1.49. The molecule has 0 atom stereocenters. The zero-order chi connectivity index (χ0) is 15.3. The Bertz CT molecular complexity index is 491. The predicted molar refractivity (Wildman–Crippen MR) is 66.9 cm³/mol. The van der Waals surface area contributed by atoms with E-state index in [1.54, 1.807) is 0 Å². The van der Waals surface area contributed by atoms with Crippen molar-refractivity contribution in [2.75, 3.05) is 32.2 Å². The number of likely N-dealkylation sites (N-methyl/N-ethyl adjacent to an activating group) is 1. The number of halogens is 3.